The minimum atomic E-state index is -0.132. The summed E-state index contributed by atoms with van der Waals surface area (Å²) in [6, 6.07) is 13.1. The molecule has 4 rings (SSSR count). The van der Waals surface area contributed by atoms with Gasteiger partial charge in [0.15, 0.2) is 0 Å². The number of carbonyl (C=O) groups excluding carboxylic acids is 2. The zero-order chi connectivity index (χ0) is 19.8. The normalized spacial score (nSPS) is 12.9. The summed E-state index contributed by atoms with van der Waals surface area (Å²) in [4.78, 5) is 40.5. The number of H-pyrrole nitrogens is 1. The molecular weight excluding hydrogens is 354 g/mol. The highest BCUT2D eigenvalue weighted by Crippen LogP contribution is 2.31. The molecule has 0 radical (unpaired) electrons. The molecule has 0 saturated carbocycles. The van der Waals surface area contributed by atoms with Crippen LogP contribution in [0.5, 0.6) is 0 Å². The molecule has 0 saturated heterocycles. The zero-order valence-corrected chi connectivity index (χ0v) is 15.8. The Morgan fingerprint density at radius 1 is 1.14 bits per heavy atom. The van der Waals surface area contributed by atoms with Crippen LogP contribution in [-0.4, -0.2) is 23.3 Å². The average molecular weight is 375 g/mol. The Balaban J connectivity index is 1.51. The summed E-state index contributed by atoms with van der Waals surface area (Å²) in [7, 11) is 0. The standard InChI is InChI=1S/C22H21N3O3/c1-13-9-17-10-15(3-6-19(17)24-22(13)28)11-21(27)23-18-5-4-16-7-8-25(14(2)26)20(16)12-18/h3-6,9-10,12H,7-8,11H2,1-2H3,(H,23,27)(H,24,28). The van der Waals surface area contributed by atoms with Gasteiger partial charge in [-0.2, -0.15) is 0 Å². The first-order valence-electron chi connectivity index (χ1n) is 9.24. The van der Waals surface area contributed by atoms with Crippen LogP contribution in [0.3, 0.4) is 0 Å². The fourth-order valence-electron chi connectivity index (χ4n) is 3.65. The van der Waals surface area contributed by atoms with Crippen LogP contribution in [-0.2, 0) is 22.4 Å². The summed E-state index contributed by atoms with van der Waals surface area (Å²) in [5.74, 6) is -0.125. The third kappa shape index (κ3) is 3.41. The maximum absolute atomic E-state index is 12.5. The molecule has 6 heteroatoms. The van der Waals surface area contributed by atoms with Gasteiger partial charge in [-0.1, -0.05) is 12.1 Å². The third-order valence-corrected chi connectivity index (χ3v) is 5.10. The number of fused-ring (bicyclic) bond motifs is 2. The fourth-order valence-corrected chi connectivity index (χ4v) is 3.65. The maximum atomic E-state index is 12.5. The van der Waals surface area contributed by atoms with E-state index in [0.717, 1.165) is 34.1 Å². The lowest BCUT2D eigenvalue weighted by atomic mass is 10.1. The molecule has 0 atom stereocenters. The van der Waals surface area contributed by atoms with E-state index in [9.17, 15) is 14.4 Å². The van der Waals surface area contributed by atoms with Crippen LogP contribution in [0.25, 0.3) is 10.9 Å². The Kier molecular flexibility index (Phi) is 4.47. The van der Waals surface area contributed by atoms with Gasteiger partial charge in [0.05, 0.1) is 6.42 Å². The van der Waals surface area contributed by atoms with Crippen molar-refractivity contribution in [3.63, 3.8) is 0 Å². The number of carbonyl (C=O) groups is 2. The van der Waals surface area contributed by atoms with Crippen LogP contribution in [0.4, 0.5) is 11.4 Å². The van der Waals surface area contributed by atoms with Crippen molar-refractivity contribution < 1.29 is 9.59 Å². The van der Waals surface area contributed by atoms with Crippen LogP contribution >= 0.6 is 0 Å². The van der Waals surface area contributed by atoms with E-state index in [1.807, 2.05) is 42.5 Å². The first-order chi connectivity index (χ1) is 13.4. The zero-order valence-electron chi connectivity index (χ0n) is 15.8. The van der Waals surface area contributed by atoms with Gasteiger partial charge in [-0.15, -0.1) is 0 Å². The van der Waals surface area contributed by atoms with Gasteiger partial charge in [0.25, 0.3) is 5.56 Å². The second-order valence-corrected chi connectivity index (χ2v) is 7.19. The summed E-state index contributed by atoms with van der Waals surface area (Å²) >= 11 is 0. The van der Waals surface area contributed by atoms with Crippen molar-refractivity contribution in [1.82, 2.24) is 4.98 Å². The number of amides is 2. The molecule has 3 aromatic rings. The molecule has 1 aliphatic rings. The largest absolute Gasteiger partial charge is 0.326 e. The number of aromatic amines is 1. The van der Waals surface area contributed by atoms with E-state index in [0.29, 0.717) is 17.8 Å². The van der Waals surface area contributed by atoms with Gasteiger partial charge in [0, 0.05) is 35.9 Å². The van der Waals surface area contributed by atoms with E-state index >= 15 is 0 Å². The van der Waals surface area contributed by atoms with E-state index in [1.165, 1.54) is 0 Å². The quantitative estimate of drug-likeness (QED) is 0.738. The molecule has 2 amide bonds. The smallest absolute Gasteiger partial charge is 0.251 e. The van der Waals surface area contributed by atoms with Crippen molar-refractivity contribution in [1.29, 1.82) is 0 Å². The molecule has 2 heterocycles. The number of pyridine rings is 1. The minimum absolute atomic E-state index is 0.00623. The van der Waals surface area contributed by atoms with Gasteiger partial charge in [-0.05, 0) is 60.2 Å². The highest BCUT2D eigenvalue weighted by atomic mass is 16.2. The Hall–Kier alpha value is -3.41. The Labute approximate surface area is 162 Å². The predicted molar refractivity (Wildman–Crippen MR) is 110 cm³/mol. The van der Waals surface area contributed by atoms with Crippen molar-refractivity contribution in [3.8, 4) is 0 Å². The van der Waals surface area contributed by atoms with Gasteiger partial charge in [-0.3, -0.25) is 14.4 Å². The van der Waals surface area contributed by atoms with Crippen LogP contribution in [0, 0.1) is 6.92 Å². The number of rotatable bonds is 3. The number of hydrogen-bond donors (Lipinski definition) is 2. The first-order valence-corrected chi connectivity index (χ1v) is 9.24. The van der Waals surface area contributed by atoms with E-state index in [4.69, 9.17) is 0 Å². The molecule has 0 unspecified atom stereocenters. The Morgan fingerprint density at radius 2 is 1.96 bits per heavy atom. The summed E-state index contributed by atoms with van der Waals surface area (Å²) in [6.45, 7) is 3.99. The Morgan fingerprint density at radius 3 is 2.75 bits per heavy atom. The first kappa shape index (κ1) is 18.0. The number of anilines is 2. The van der Waals surface area contributed by atoms with E-state index in [-0.39, 0.29) is 23.8 Å². The molecule has 0 spiro atoms. The lowest BCUT2D eigenvalue weighted by molar-refractivity contribution is -0.116. The molecule has 0 bridgehead atoms. The highest BCUT2D eigenvalue weighted by molar-refractivity contribution is 5.97. The highest BCUT2D eigenvalue weighted by Gasteiger charge is 2.22. The Bertz CT molecular complexity index is 1160. The summed E-state index contributed by atoms with van der Waals surface area (Å²) < 4.78 is 0. The van der Waals surface area contributed by atoms with Crippen molar-refractivity contribution in [2.24, 2.45) is 0 Å². The molecule has 142 valence electrons. The number of aryl methyl sites for hydroxylation is 1. The van der Waals surface area contributed by atoms with Gasteiger partial charge < -0.3 is 15.2 Å². The number of aromatic nitrogens is 1. The molecule has 0 fully saturated rings. The van der Waals surface area contributed by atoms with Crippen molar-refractivity contribution in [2.45, 2.75) is 26.7 Å². The fraction of sp³-hybridized carbons (Fsp3) is 0.227. The predicted octanol–water partition coefficient (Wildman–Crippen LogP) is 2.93. The lowest BCUT2D eigenvalue weighted by Crippen LogP contribution is -2.25. The lowest BCUT2D eigenvalue weighted by Gasteiger charge is -2.16. The maximum Gasteiger partial charge on any atom is 0.251 e. The van der Waals surface area contributed by atoms with Gasteiger partial charge in [0.1, 0.15) is 0 Å². The topological polar surface area (TPSA) is 82.3 Å². The molecule has 6 nitrogen and oxygen atoms in total. The molecule has 28 heavy (non-hydrogen) atoms. The SMILES string of the molecule is CC(=O)N1CCc2ccc(NC(=O)Cc3ccc4[nH]c(=O)c(C)cc4c3)cc21. The summed E-state index contributed by atoms with van der Waals surface area (Å²) in [5, 5.41) is 3.81. The van der Waals surface area contributed by atoms with Crippen molar-refractivity contribution in [3.05, 3.63) is 69.5 Å². The molecule has 2 aromatic carbocycles. The monoisotopic (exact) mass is 375 g/mol. The van der Waals surface area contributed by atoms with Crippen LogP contribution in [0.2, 0.25) is 0 Å². The average Bonchev–Trinajstić information content (AvgIpc) is 3.06. The second kappa shape index (κ2) is 6.96. The van der Waals surface area contributed by atoms with Gasteiger partial charge in [0.2, 0.25) is 11.8 Å². The number of hydrogen-bond acceptors (Lipinski definition) is 3. The number of nitrogens with zero attached hydrogens (tertiary/aromatic N) is 1. The number of benzene rings is 2. The van der Waals surface area contributed by atoms with Crippen molar-refractivity contribution in [2.75, 3.05) is 16.8 Å². The number of nitrogens with one attached hydrogen (secondary N) is 2. The van der Waals surface area contributed by atoms with E-state index < -0.39 is 0 Å². The van der Waals surface area contributed by atoms with E-state index in [1.54, 1.807) is 18.7 Å². The third-order valence-electron chi connectivity index (χ3n) is 5.10. The van der Waals surface area contributed by atoms with E-state index in [2.05, 4.69) is 10.3 Å². The summed E-state index contributed by atoms with van der Waals surface area (Å²) in [6.07, 6.45) is 1.06. The van der Waals surface area contributed by atoms with Crippen LogP contribution in [0.15, 0.2) is 47.3 Å². The minimum Gasteiger partial charge on any atom is -0.326 e. The van der Waals surface area contributed by atoms with Gasteiger partial charge in [-0.25, -0.2) is 0 Å². The second-order valence-electron chi connectivity index (χ2n) is 7.19. The molecular formula is C22H21N3O3. The van der Waals surface area contributed by atoms with Crippen LogP contribution < -0.4 is 15.8 Å². The van der Waals surface area contributed by atoms with Crippen LogP contribution in [0.1, 0.15) is 23.6 Å². The van der Waals surface area contributed by atoms with Crippen molar-refractivity contribution >= 4 is 34.1 Å². The summed E-state index contributed by atoms with van der Waals surface area (Å²) in [5.41, 5.74) is 4.82. The van der Waals surface area contributed by atoms with Gasteiger partial charge >= 0.3 is 0 Å². The molecule has 1 aromatic heterocycles. The molecule has 2 N–H and O–H groups in total. The molecule has 0 aliphatic carbocycles. The molecule has 1 aliphatic heterocycles.